The van der Waals surface area contributed by atoms with Crippen molar-refractivity contribution in [2.24, 2.45) is 13.0 Å². The minimum atomic E-state index is -0.318. The summed E-state index contributed by atoms with van der Waals surface area (Å²) in [6.45, 7) is 5.97. The third kappa shape index (κ3) is 3.35. The van der Waals surface area contributed by atoms with Crippen LogP contribution in [-0.2, 0) is 18.2 Å². The van der Waals surface area contributed by atoms with Crippen molar-refractivity contribution in [2.75, 3.05) is 24.6 Å². The third-order valence-corrected chi connectivity index (χ3v) is 5.46. The van der Waals surface area contributed by atoms with Crippen LogP contribution in [0.3, 0.4) is 0 Å². The van der Waals surface area contributed by atoms with E-state index in [0.717, 1.165) is 48.3 Å². The summed E-state index contributed by atoms with van der Waals surface area (Å²) < 4.78 is 7.09. The van der Waals surface area contributed by atoms with Crippen LogP contribution >= 0.6 is 0 Å². The van der Waals surface area contributed by atoms with Gasteiger partial charge in [0.15, 0.2) is 5.65 Å². The Morgan fingerprint density at radius 3 is 2.82 bits per heavy atom. The molecule has 0 radical (unpaired) electrons. The number of carbonyl (C=O) groups is 1. The molecule has 3 heterocycles. The number of fused-ring (bicyclic) bond motifs is 1. The summed E-state index contributed by atoms with van der Waals surface area (Å²) in [5.74, 6) is 0.235. The van der Waals surface area contributed by atoms with Gasteiger partial charge < -0.3 is 9.64 Å². The van der Waals surface area contributed by atoms with Gasteiger partial charge in [0.2, 0.25) is 0 Å². The van der Waals surface area contributed by atoms with Gasteiger partial charge in [0.25, 0.3) is 0 Å². The number of benzene rings is 1. The zero-order valence-electron chi connectivity index (χ0n) is 16.7. The Labute approximate surface area is 165 Å². The summed E-state index contributed by atoms with van der Waals surface area (Å²) in [6, 6.07) is 10.6. The molecule has 0 bridgehead atoms. The lowest BCUT2D eigenvalue weighted by molar-refractivity contribution is 0.0527. The zero-order chi connectivity index (χ0) is 19.7. The van der Waals surface area contributed by atoms with Crippen molar-refractivity contribution >= 4 is 22.7 Å². The molecule has 0 amide bonds. The number of pyridine rings is 1. The summed E-state index contributed by atoms with van der Waals surface area (Å²) >= 11 is 0. The molecular formula is C22H26N4O2. The van der Waals surface area contributed by atoms with E-state index in [1.165, 1.54) is 5.56 Å². The summed E-state index contributed by atoms with van der Waals surface area (Å²) in [7, 11) is 1.89. The molecule has 2 aromatic heterocycles. The van der Waals surface area contributed by atoms with Crippen LogP contribution in [0.15, 0.2) is 36.5 Å². The molecule has 1 atom stereocenters. The van der Waals surface area contributed by atoms with Gasteiger partial charge in [0.1, 0.15) is 5.56 Å². The lowest BCUT2D eigenvalue weighted by Crippen LogP contribution is -2.24. The molecular weight excluding hydrogens is 352 g/mol. The van der Waals surface area contributed by atoms with Crippen LogP contribution in [0.2, 0.25) is 0 Å². The van der Waals surface area contributed by atoms with Crippen molar-refractivity contribution in [1.82, 2.24) is 14.8 Å². The Morgan fingerprint density at radius 2 is 2.07 bits per heavy atom. The smallest absolute Gasteiger partial charge is 0.341 e. The fourth-order valence-electron chi connectivity index (χ4n) is 4.23. The second kappa shape index (κ2) is 7.62. The highest BCUT2D eigenvalue weighted by Crippen LogP contribution is 2.36. The number of hydrogen-bond donors (Lipinski definition) is 0. The normalized spacial score (nSPS) is 16.7. The first-order valence-corrected chi connectivity index (χ1v) is 9.86. The molecule has 6 heteroatoms. The van der Waals surface area contributed by atoms with Crippen molar-refractivity contribution in [3.63, 3.8) is 0 Å². The number of ether oxygens (including phenoxy) is 1. The fourth-order valence-corrected chi connectivity index (χ4v) is 4.23. The number of hydrogen-bond acceptors (Lipinski definition) is 5. The van der Waals surface area contributed by atoms with Crippen molar-refractivity contribution in [3.05, 3.63) is 53.3 Å². The first-order valence-electron chi connectivity index (χ1n) is 9.86. The molecule has 146 valence electrons. The van der Waals surface area contributed by atoms with E-state index in [0.29, 0.717) is 18.1 Å². The largest absolute Gasteiger partial charge is 0.462 e. The van der Waals surface area contributed by atoms with Crippen molar-refractivity contribution in [2.45, 2.75) is 26.7 Å². The third-order valence-electron chi connectivity index (χ3n) is 5.46. The van der Waals surface area contributed by atoms with Gasteiger partial charge in [-0.15, -0.1) is 0 Å². The lowest BCUT2D eigenvalue weighted by atomic mass is 9.99. The van der Waals surface area contributed by atoms with E-state index in [1.54, 1.807) is 10.9 Å². The van der Waals surface area contributed by atoms with Gasteiger partial charge in [0, 0.05) is 26.3 Å². The molecule has 3 aromatic rings. The van der Waals surface area contributed by atoms with E-state index in [4.69, 9.17) is 4.74 Å². The highest BCUT2D eigenvalue weighted by atomic mass is 16.5. The van der Waals surface area contributed by atoms with E-state index in [1.807, 2.05) is 20.9 Å². The molecule has 1 aliphatic rings. The molecule has 1 fully saturated rings. The average Bonchev–Trinajstić information content (AvgIpc) is 3.26. The van der Waals surface area contributed by atoms with Crippen LogP contribution in [0.25, 0.3) is 11.0 Å². The molecule has 0 N–H and O–H groups in total. The summed E-state index contributed by atoms with van der Waals surface area (Å²) in [4.78, 5) is 19.5. The predicted octanol–water partition coefficient (Wildman–Crippen LogP) is 3.52. The highest BCUT2D eigenvalue weighted by molar-refractivity contribution is 6.05. The van der Waals surface area contributed by atoms with Crippen LogP contribution in [0, 0.1) is 12.8 Å². The van der Waals surface area contributed by atoms with E-state index in [-0.39, 0.29) is 5.97 Å². The maximum Gasteiger partial charge on any atom is 0.341 e. The number of anilines is 1. The number of carbonyl (C=O) groups excluding carboxylic acids is 1. The molecule has 28 heavy (non-hydrogen) atoms. The quantitative estimate of drug-likeness (QED) is 0.636. The Morgan fingerprint density at radius 1 is 1.29 bits per heavy atom. The van der Waals surface area contributed by atoms with Gasteiger partial charge in [-0.05, 0) is 38.2 Å². The van der Waals surface area contributed by atoms with Crippen LogP contribution in [-0.4, -0.2) is 40.4 Å². The van der Waals surface area contributed by atoms with Gasteiger partial charge in [-0.2, -0.15) is 5.10 Å². The zero-order valence-corrected chi connectivity index (χ0v) is 16.7. The minimum absolute atomic E-state index is 0.318. The molecule has 4 rings (SSSR count). The summed E-state index contributed by atoms with van der Waals surface area (Å²) in [5.41, 5.74) is 4.50. The van der Waals surface area contributed by atoms with Crippen LogP contribution in [0.1, 0.15) is 35.0 Å². The molecule has 6 nitrogen and oxygen atoms in total. The molecule has 1 saturated heterocycles. The molecule has 0 aliphatic carbocycles. The number of esters is 1. The molecule has 0 saturated carbocycles. The SMILES string of the molecule is CCOC(=O)c1cnc2c(c(C)nn2C)c1N1CCC(Cc2ccccc2)C1. The number of aryl methyl sites for hydroxylation is 2. The maximum absolute atomic E-state index is 12.6. The Kier molecular flexibility index (Phi) is 5.03. The highest BCUT2D eigenvalue weighted by Gasteiger charge is 2.30. The molecule has 1 aliphatic heterocycles. The number of nitrogens with zero attached hydrogens (tertiary/aromatic N) is 4. The van der Waals surface area contributed by atoms with Gasteiger partial charge >= 0.3 is 5.97 Å². The van der Waals surface area contributed by atoms with Crippen LogP contribution in [0.4, 0.5) is 5.69 Å². The lowest BCUT2D eigenvalue weighted by Gasteiger charge is -2.22. The number of aromatic nitrogens is 3. The van der Waals surface area contributed by atoms with Gasteiger partial charge in [-0.3, -0.25) is 4.68 Å². The van der Waals surface area contributed by atoms with Crippen LogP contribution in [0.5, 0.6) is 0 Å². The Bertz CT molecular complexity index is 997. The van der Waals surface area contributed by atoms with Gasteiger partial charge in [-0.1, -0.05) is 30.3 Å². The van der Waals surface area contributed by atoms with Crippen molar-refractivity contribution in [1.29, 1.82) is 0 Å². The number of rotatable bonds is 5. The van der Waals surface area contributed by atoms with Crippen LogP contribution < -0.4 is 4.90 Å². The minimum Gasteiger partial charge on any atom is -0.462 e. The Hall–Kier alpha value is -2.89. The first-order chi connectivity index (χ1) is 13.6. The predicted molar refractivity (Wildman–Crippen MR) is 110 cm³/mol. The standard InChI is InChI=1S/C22H26N4O2/c1-4-28-22(27)18-13-23-21-19(15(2)24-25(21)3)20(18)26-11-10-17(14-26)12-16-8-6-5-7-9-16/h5-9,13,17H,4,10-12,14H2,1-3H3. The first kappa shape index (κ1) is 18.5. The second-order valence-corrected chi connectivity index (χ2v) is 7.44. The van der Waals surface area contributed by atoms with E-state index in [2.05, 4.69) is 45.3 Å². The fraction of sp³-hybridized carbons (Fsp3) is 0.409. The second-order valence-electron chi connectivity index (χ2n) is 7.44. The molecule has 1 aromatic carbocycles. The van der Waals surface area contributed by atoms with E-state index >= 15 is 0 Å². The van der Waals surface area contributed by atoms with E-state index in [9.17, 15) is 4.79 Å². The maximum atomic E-state index is 12.6. The average molecular weight is 378 g/mol. The Balaban J connectivity index is 1.70. The van der Waals surface area contributed by atoms with Crippen molar-refractivity contribution < 1.29 is 9.53 Å². The van der Waals surface area contributed by atoms with Crippen molar-refractivity contribution in [3.8, 4) is 0 Å². The van der Waals surface area contributed by atoms with E-state index < -0.39 is 0 Å². The van der Waals surface area contributed by atoms with Gasteiger partial charge in [-0.25, -0.2) is 9.78 Å². The van der Waals surface area contributed by atoms with Gasteiger partial charge in [0.05, 0.1) is 23.4 Å². The topological polar surface area (TPSA) is 60.2 Å². The molecule has 0 spiro atoms. The summed E-state index contributed by atoms with van der Waals surface area (Å²) in [5, 5.41) is 5.48. The molecule has 1 unspecified atom stereocenters. The monoisotopic (exact) mass is 378 g/mol. The summed E-state index contributed by atoms with van der Waals surface area (Å²) in [6.07, 6.45) is 3.79.